The van der Waals surface area contributed by atoms with Crippen LogP contribution in [0.2, 0.25) is 0 Å². The molecular formula is C8H10F5N3. The maximum Gasteiger partial charge on any atom is 0.459 e. The van der Waals surface area contributed by atoms with Crippen LogP contribution < -0.4 is 0 Å². The van der Waals surface area contributed by atoms with E-state index in [9.17, 15) is 22.0 Å². The van der Waals surface area contributed by atoms with E-state index in [-0.39, 0.29) is 0 Å². The minimum absolute atomic E-state index is 0.420. The lowest BCUT2D eigenvalue weighted by Gasteiger charge is -2.21. The molecule has 0 bridgehead atoms. The second-order valence-corrected chi connectivity index (χ2v) is 3.63. The fourth-order valence-corrected chi connectivity index (χ4v) is 1.24. The average Bonchev–Trinajstić information content (AvgIpc) is 2.45. The minimum atomic E-state index is -5.65. The molecule has 0 unspecified atom stereocenters. The van der Waals surface area contributed by atoms with Crippen molar-refractivity contribution in [3.8, 4) is 0 Å². The van der Waals surface area contributed by atoms with E-state index in [0.717, 1.165) is 6.92 Å². The van der Waals surface area contributed by atoms with Gasteiger partial charge in [-0.3, -0.25) is 0 Å². The summed E-state index contributed by atoms with van der Waals surface area (Å²) in [6.07, 6.45) is -5.65. The molecule has 1 rings (SSSR count). The minimum Gasteiger partial charge on any atom is -0.240 e. The number of alkyl halides is 5. The van der Waals surface area contributed by atoms with Crippen molar-refractivity contribution < 1.29 is 22.0 Å². The fraction of sp³-hybridized carbons (Fsp3) is 0.750. The zero-order chi connectivity index (χ0) is 12.7. The van der Waals surface area contributed by atoms with Gasteiger partial charge in [0, 0.05) is 6.04 Å². The Morgan fingerprint density at radius 1 is 1.12 bits per heavy atom. The summed E-state index contributed by atoms with van der Waals surface area (Å²) in [5.41, 5.74) is -1.62. The van der Waals surface area contributed by atoms with Crippen LogP contribution in [0.5, 0.6) is 0 Å². The molecule has 0 saturated carbocycles. The number of halogens is 5. The van der Waals surface area contributed by atoms with Crippen LogP contribution in [0, 0.1) is 6.92 Å². The molecule has 0 aliphatic rings. The molecule has 16 heavy (non-hydrogen) atoms. The second-order valence-electron chi connectivity index (χ2n) is 3.63. The highest BCUT2D eigenvalue weighted by Gasteiger charge is 2.61. The van der Waals surface area contributed by atoms with Gasteiger partial charge in [-0.25, -0.2) is 4.68 Å². The van der Waals surface area contributed by atoms with Gasteiger partial charge in [-0.05, 0) is 20.8 Å². The molecule has 0 atom stereocenters. The molecule has 0 saturated heterocycles. The van der Waals surface area contributed by atoms with Crippen molar-refractivity contribution in [1.82, 2.24) is 15.0 Å². The van der Waals surface area contributed by atoms with Crippen LogP contribution in [-0.4, -0.2) is 21.2 Å². The van der Waals surface area contributed by atoms with Gasteiger partial charge in [-0.2, -0.15) is 22.0 Å². The highest BCUT2D eigenvalue weighted by Crippen LogP contribution is 2.44. The summed E-state index contributed by atoms with van der Waals surface area (Å²) < 4.78 is 63.5. The second kappa shape index (κ2) is 3.67. The van der Waals surface area contributed by atoms with Crippen LogP contribution in [0.4, 0.5) is 22.0 Å². The lowest BCUT2D eigenvalue weighted by Crippen LogP contribution is -2.37. The molecule has 0 aliphatic heterocycles. The van der Waals surface area contributed by atoms with Gasteiger partial charge >= 0.3 is 12.1 Å². The number of rotatable bonds is 2. The molecule has 1 aromatic rings. The lowest BCUT2D eigenvalue weighted by molar-refractivity contribution is -0.292. The van der Waals surface area contributed by atoms with Crippen molar-refractivity contribution in [2.75, 3.05) is 0 Å². The molecule has 0 radical (unpaired) electrons. The zero-order valence-electron chi connectivity index (χ0n) is 8.81. The normalized spacial score (nSPS) is 13.6. The topological polar surface area (TPSA) is 30.7 Å². The number of aryl methyl sites for hydroxylation is 1. The van der Waals surface area contributed by atoms with Crippen molar-refractivity contribution >= 4 is 0 Å². The van der Waals surface area contributed by atoms with Crippen LogP contribution >= 0.6 is 0 Å². The Labute approximate surface area is 88.2 Å². The monoisotopic (exact) mass is 243 g/mol. The van der Waals surface area contributed by atoms with Crippen molar-refractivity contribution in [1.29, 1.82) is 0 Å². The SMILES string of the molecule is Cc1nnn(C(C)C)c1C(F)(F)C(F)(F)F. The van der Waals surface area contributed by atoms with Crippen LogP contribution in [0.3, 0.4) is 0 Å². The van der Waals surface area contributed by atoms with Gasteiger partial charge in [0.15, 0.2) is 0 Å². The molecule has 8 heteroatoms. The predicted molar refractivity (Wildman–Crippen MR) is 45.1 cm³/mol. The summed E-state index contributed by atoms with van der Waals surface area (Å²) in [4.78, 5) is 0. The molecule has 0 amide bonds. The van der Waals surface area contributed by atoms with Gasteiger partial charge in [0.05, 0.1) is 5.69 Å². The molecule has 0 spiro atoms. The van der Waals surface area contributed by atoms with Gasteiger partial charge in [0.25, 0.3) is 0 Å². The molecular weight excluding hydrogens is 233 g/mol. The third-order valence-corrected chi connectivity index (χ3v) is 2.01. The number of hydrogen-bond donors (Lipinski definition) is 0. The van der Waals surface area contributed by atoms with E-state index in [4.69, 9.17) is 0 Å². The Kier molecular flexibility index (Phi) is 2.95. The maximum absolute atomic E-state index is 13.2. The predicted octanol–water partition coefficient (Wildman–Crippen LogP) is 2.82. The number of hydrogen-bond acceptors (Lipinski definition) is 2. The van der Waals surface area contributed by atoms with Crippen molar-refractivity contribution in [2.24, 2.45) is 0 Å². The summed E-state index contributed by atoms with van der Waals surface area (Å²) in [6.45, 7) is 3.97. The summed E-state index contributed by atoms with van der Waals surface area (Å²) in [5, 5.41) is 6.53. The Bertz CT molecular complexity index is 380. The van der Waals surface area contributed by atoms with Crippen LogP contribution in [0.15, 0.2) is 0 Å². The van der Waals surface area contributed by atoms with E-state index in [0.29, 0.717) is 4.68 Å². The van der Waals surface area contributed by atoms with E-state index in [2.05, 4.69) is 10.3 Å². The standard InChI is InChI=1S/C8H10F5N3/c1-4(2)16-6(5(3)14-15-16)7(9,10)8(11,12)13/h4H,1-3H3. The first-order valence-corrected chi connectivity index (χ1v) is 4.46. The van der Waals surface area contributed by atoms with E-state index in [1.165, 1.54) is 13.8 Å². The highest BCUT2D eigenvalue weighted by molar-refractivity contribution is 5.17. The van der Waals surface area contributed by atoms with E-state index >= 15 is 0 Å². The fourth-order valence-electron chi connectivity index (χ4n) is 1.24. The largest absolute Gasteiger partial charge is 0.459 e. The summed E-state index contributed by atoms with van der Waals surface area (Å²) in [7, 11) is 0. The van der Waals surface area contributed by atoms with Crippen molar-refractivity contribution in [3.63, 3.8) is 0 Å². The van der Waals surface area contributed by atoms with E-state index in [1.807, 2.05) is 0 Å². The van der Waals surface area contributed by atoms with Crippen molar-refractivity contribution in [2.45, 2.75) is 38.9 Å². The third kappa shape index (κ3) is 1.88. The van der Waals surface area contributed by atoms with Crippen LogP contribution in [0.1, 0.15) is 31.3 Å². The van der Waals surface area contributed by atoms with E-state index < -0.39 is 29.5 Å². The molecule has 92 valence electrons. The van der Waals surface area contributed by atoms with Crippen molar-refractivity contribution in [3.05, 3.63) is 11.4 Å². The molecule has 0 aliphatic carbocycles. The third-order valence-electron chi connectivity index (χ3n) is 2.01. The molecule has 1 heterocycles. The van der Waals surface area contributed by atoms with Gasteiger partial charge in [-0.15, -0.1) is 5.10 Å². The Balaban J connectivity index is 3.37. The smallest absolute Gasteiger partial charge is 0.240 e. The molecule has 0 N–H and O–H groups in total. The number of aromatic nitrogens is 3. The highest BCUT2D eigenvalue weighted by atomic mass is 19.4. The van der Waals surface area contributed by atoms with Crippen LogP contribution in [0.25, 0.3) is 0 Å². The van der Waals surface area contributed by atoms with Crippen LogP contribution in [-0.2, 0) is 5.92 Å². The Morgan fingerprint density at radius 2 is 1.62 bits per heavy atom. The summed E-state index contributed by atoms with van der Waals surface area (Å²) in [6, 6.07) is -0.621. The lowest BCUT2D eigenvalue weighted by atomic mass is 10.1. The Morgan fingerprint density at radius 3 is 2.00 bits per heavy atom. The molecule has 3 nitrogen and oxygen atoms in total. The molecule has 1 aromatic heterocycles. The zero-order valence-corrected chi connectivity index (χ0v) is 8.81. The summed E-state index contributed by atoms with van der Waals surface area (Å²) >= 11 is 0. The number of nitrogens with zero attached hydrogens (tertiary/aromatic N) is 3. The van der Waals surface area contributed by atoms with Gasteiger partial charge in [-0.1, -0.05) is 5.21 Å². The van der Waals surface area contributed by atoms with Gasteiger partial charge in [0.2, 0.25) is 0 Å². The molecule has 0 aromatic carbocycles. The first-order valence-electron chi connectivity index (χ1n) is 4.46. The quantitative estimate of drug-likeness (QED) is 0.748. The average molecular weight is 243 g/mol. The van der Waals surface area contributed by atoms with Gasteiger partial charge in [0.1, 0.15) is 5.69 Å². The maximum atomic E-state index is 13.2. The Hall–Kier alpha value is -1.21. The van der Waals surface area contributed by atoms with Gasteiger partial charge < -0.3 is 0 Å². The first-order chi connectivity index (χ1) is 7.09. The van der Waals surface area contributed by atoms with E-state index in [1.54, 1.807) is 0 Å². The molecule has 0 fully saturated rings. The summed E-state index contributed by atoms with van der Waals surface area (Å²) in [5.74, 6) is -4.94. The first kappa shape index (κ1) is 12.9.